The highest BCUT2D eigenvalue weighted by Crippen LogP contribution is 2.53. The lowest BCUT2D eigenvalue weighted by atomic mass is 9.56. The Kier molecular flexibility index (Phi) is 8.90. The summed E-state index contributed by atoms with van der Waals surface area (Å²) >= 11 is 0. The molecule has 0 aromatic carbocycles. The lowest BCUT2D eigenvalue weighted by Crippen LogP contribution is -2.62. The Hall–Kier alpha value is -1.45. The van der Waals surface area contributed by atoms with Gasteiger partial charge in [-0.1, -0.05) is 113 Å². The van der Waals surface area contributed by atoms with Crippen LogP contribution in [0.15, 0.2) is 47.6 Å². The highest BCUT2D eigenvalue weighted by molar-refractivity contribution is 6.00. The van der Waals surface area contributed by atoms with Gasteiger partial charge in [-0.2, -0.15) is 0 Å². The molecule has 220 valence electrons. The van der Waals surface area contributed by atoms with E-state index in [0.29, 0.717) is 23.7 Å². The van der Waals surface area contributed by atoms with Crippen LogP contribution in [-0.4, -0.2) is 27.2 Å². The molecule has 0 saturated heterocycles. The summed E-state index contributed by atoms with van der Waals surface area (Å²) in [5.41, 5.74) is -0.675. The van der Waals surface area contributed by atoms with Crippen molar-refractivity contribution < 1.29 is 15.0 Å². The lowest BCUT2D eigenvalue weighted by molar-refractivity contribution is -0.160. The van der Waals surface area contributed by atoms with Gasteiger partial charge in [-0.15, -0.1) is 0 Å². The standard InChI is InChI=1S/C37H54O3/c38-35(36(39)25-13-23-31(27-15-5-1-6-16-27)33(36)29-19-9-3-10-20-29)37(40)26-14-24-32(28-17-7-2-8-18-28)34(37)30-21-11-4-12-22-30/h13-14,23-30,33-34,39-40H,1-12,15-22H2. The highest BCUT2D eigenvalue weighted by Gasteiger charge is 2.59. The molecule has 0 amide bonds. The van der Waals surface area contributed by atoms with E-state index >= 15 is 4.79 Å². The van der Waals surface area contributed by atoms with E-state index in [1.54, 1.807) is 12.2 Å². The van der Waals surface area contributed by atoms with Crippen molar-refractivity contribution in [2.75, 3.05) is 0 Å². The number of carbonyl (C=O) groups excluding carboxylic acids is 1. The summed E-state index contributed by atoms with van der Waals surface area (Å²) < 4.78 is 0. The minimum Gasteiger partial charge on any atom is -0.377 e. The van der Waals surface area contributed by atoms with Gasteiger partial charge in [0.15, 0.2) is 11.2 Å². The first-order valence-electron chi connectivity index (χ1n) is 17.3. The van der Waals surface area contributed by atoms with Gasteiger partial charge in [0.2, 0.25) is 5.78 Å². The third kappa shape index (κ3) is 5.39. The third-order valence-corrected chi connectivity index (χ3v) is 12.1. The Balaban J connectivity index is 1.38. The van der Waals surface area contributed by atoms with Gasteiger partial charge in [0.25, 0.3) is 0 Å². The Morgan fingerprint density at radius 3 is 1.20 bits per heavy atom. The summed E-state index contributed by atoms with van der Waals surface area (Å²) in [5.74, 6) is 0.767. The molecule has 3 heteroatoms. The van der Waals surface area contributed by atoms with Gasteiger partial charge in [-0.05, 0) is 87.2 Å². The van der Waals surface area contributed by atoms with E-state index in [9.17, 15) is 10.2 Å². The summed E-state index contributed by atoms with van der Waals surface area (Å²) in [6.07, 6.45) is 35.7. The molecule has 6 aliphatic rings. The predicted molar refractivity (Wildman–Crippen MR) is 163 cm³/mol. The number of Topliss-reactive ketones (excluding diaryl/α,β-unsaturated/α-hetero) is 1. The zero-order chi connectivity index (χ0) is 27.6. The monoisotopic (exact) mass is 546 g/mol. The normalized spacial score (nSPS) is 37.2. The van der Waals surface area contributed by atoms with Crippen molar-refractivity contribution in [1.82, 2.24) is 0 Å². The minimum atomic E-state index is -1.65. The number of ketones is 1. The molecule has 0 aromatic rings. The number of aliphatic hydroxyl groups is 2. The second-order valence-corrected chi connectivity index (χ2v) is 14.5. The van der Waals surface area contributed by atoms with Crippen molar-refractivity contribution in [2.45, 2.75) is 140 Å². The van der Waals surface area contributed by atoms with Crippen LogP contribution in [0.1, 0.15) is 128 Å². The van der Waals surface area contributed by atoms with Crippen molar-refractivity contribution in [1.29, 1.82) is 0 Å². The van der Waals surface area contributed by atoms with Gasteiger partial charge in [0, 0.05) is 11.8 Å². The molecule has 6 rings (SSSR count). The number of carbonyl (C=O) groups is 1. The maximum Gasteiger partial charge on any atom is 0.204 e. The SMILES string of the molecule is O=C(C1(O)C=CC=C(C2CCCCC2)C1C1CCCCC1)C1(O)C=CC=C(C2CCCCC2)C1C1CCCCC1. The molecule has 4 unspecified atom stereocenters. The maximum absolute atomic E-state index is 15.1. The molecule has 2 N–H and O–H groups in total. The molecule has 0 aromatic heterocycles. The minimum absolute atomic E-state index is 0.207. The Labute approximate surface area is 243 Å². The fraction of sp³-hybridized carbons (Fsp3) is 0.757. The summed E-state index contributed by atoms with van der Waals surface area (Å²) in [4.78, 5) is 15.1. The molecule has 0 radical (unpaired) electrons. The molecule has 0 spiro atoms. The smallest absolute Gasteiger partial charge is 0.204 e. The summed E-state index contributed by atoms with van der Waals surface area (Å²) in [6.45, 7) is 0. The molecular formula is C37H54O3. The molecule has 4 saturated carbocycles. The average molecular weight is 547 g/mol. The number of allylic oxidation sites excluding steroid dienone is 4. The van der Waals surface area contributed by atoms with Crippen LogP contribution in [0.25, 0.3) is 0 Å². The van der Waals surface area contributed by atoms with Gasteiger partial charge in [-0.25, -0.2) is 0 Å². The molecule has 4 atom stereocenters. The Morgan fingerprint density at radius 2 is 0.850 bits per heavy atom. The fourth-order valence-electron chi connectivity index (χ4n) is 10.1. The van der Waals surface area contributed by atoms with Crippen LogP contribution in [0.2, 0.25) is 0 Å². The first kappa shape index (κ1) is 28.7. The molecular weight excluding hydrogens is 492 g/mol. The fourth-order valence-corrected chi connectivity index (χ4v) is 10.1. The van der Waals surface area contributed by atoms with Crippen molar-refractivity contribution in [3.8, 4) is 0 Å². The molecule has 4 fully saturated rings. The molecule has 0 bridgehead atoms. The summed E-state index contributed by atoms with van der Waals surface area (Å²) in [7, 11) is 0. The van der Waals surface area contributed by atoms with Gasteiger partial charge in [0.05, 0.1) is 0 Å². The van der Waals surface area contributed by atoms with Crippen molar-refractivity contribution >= 4 is 5.78 Å². The lowest BCUT2D eigenvalue weighted by Gasteiger charge is -2.51. The Morgan fingerprint density at radius 1 is 0.525 bits per heavy atom. The van der Waals surface area contributed by atoms with Crippen LogP contribution in [0.3, 0.4) is 0 Å². The summed E-state index contributed by atoms with van der Waals surface area (Å²) in [5, 5.41) is 25.6. The van der Waals surface area contributed by atoms with Crippen molar-refractivity contribution in [3.63, 3.8) is 0 Å². The van der Waals surface area contributed by atoms with Crippen LogP contribution in [-0.2, 0) is 4.79 Å². The largest absolute Gasteiger partial charge is 0.377 e. The predicted octanol–water partition coefficient (Wildman–Crippen LogP) is 8.56. The quantitative estimate of drug-likeness (QED) is 0.351. The second kappa shape index (κ2) is 12.4. The maximum atomic E-state index is 15.1. The molecule has 0 aliphatic heterocycles. The molecule has 6 aliphatic carbocycles. The van der Waals surface area contributed by atoms with Gasteiger partial charge in [-0.3, -0.25) is 4.79 Å². The topological polar surface area (TPSA) is 57.5 Å². The Bertz CT molecular complexity index is 930. The van der Waals surface area contributed by atoms with E-state index in [1.807, 2.05) is 12.2 Å². The molecule has 0 heterocycles. The van der Waals surface area contributed by atoms with E-state index in [2.05, 4.69) is 12.2 Å². The van der Waals surface area contributed by atoms with Gasteiger partial charge >= 0.3 is 0 Å². The summed E-state index contributed by atoms with van der Waals surface area (Å²) in [6, 6.07) is 0. The van der Waals surface area contributed by atoms with Gasteiger partial charge < -0.3 is 10.2 Å². The molecule has 3 nitrogen and oxygen atoms in total. The van der Waals surface area contributed by atoms with E-state index in [-0.39, 0.29) is 17.6 Å². The van der Waals surface area contributed by atoms with E-state index in [1.165, 1.54) is 88.2 Å². The van der Waals surface area contributed by atoms with Crippen LogP contribution < -0.4 is 0 Å². The average Bonchev–Trinajstić information content (AvgIpc) is 3.02. The first-order chi connectivity index (χ1) is 19.5. The highest BCUT2D eigenvalue weighted by atomic mass is 16.3. The zero-order valence-electron chi connectivity index (χ0n) is 24.9. The third-order valence-electron chi connectivity index (χ3n) is 12.1. The van der Waals surface area contributed by atoms with Crippen molar-refractivity contribution in [3.05, 3.63) is 47.6 Å². The van der Waals surface area contributed by atoms with Crippen LogP contribution >= 0.6 is 0 Å². The number of hydrogen-bond acceptors (Lipinski definition) is 3. The molecule has 40 heavy (non-hydrogen) atoms. The number of rotatable bonds is 6. The van der Waals surface area contributed by atoms with E-state index in [4.69, 9.17) is 0 Å². The first-order valence-corrected chi connectivity index (χ1v) is 17.3. The zero-order valence-corrected chi connectivity index (χ0v) is 24.9. The number of hydrogen-bond donors (Lipinski definition) is 2. The van der Waals surface area contributed by atoms with E-state index < -0.39 is 11.2 Å². The van der Waals surface area contributed by atoms with Crippen LogP contribution in [0.4, 0.5) is 0 Å². The second-order valence-electron chi connectivity index (χ2n) is 14.5. The van der Waals surface area contributed by atoms with Crippen LogP contribution in [0.5, 0.6) is 0 Å². The van der Waals surface area contributed by atoms with Crippen molar-refractivity contribution in [2.24, 2.45) is 35.5 Å². The van der Waals surface area contributed by atoms with Gasteiger partial charge in [0.1, 0.15) is 0 Å². The van der Waals surface area contributed by atoms with Crippen LogP contribution in [0, 0.1) is 35.5 Å². The van der Waals surface area contributed by atoms with E-state index in [0.717, 1.165) is 51.4 Å².